The second kappa shape index (κ2) is 7.59. The van der Waals surface area contributed by atoms with Gasteiger partial charge < -0.3 is 10.1 Å². The number of tetrazole rings is 1. The highest BCUT2D eigenvalue weighted by molar-refractivity contribution is 7.22. The maximum Gasteiger partial charge on any atom is 0.226 e. The van der Waals surface area contributed by atoms with Crippen LogP contribution in [0, 0.1) is 5.41 Å². The summed E-state index contributed by atoms with van der Waals surface area (Å²) in [6, 6.07) is 5.71. The molecule has 0 radical (unpaired) electrons. The maximum atomic E-state index is 12.8. The lowest BCUT2D eigenvalue weighted by molar-refractivity contribution is -0.119. The van der Waals surface area contributed by atoms with E-state index in [1.165, 1.54) is 17.8 Å². The van der Waals surface area contributed by atoms with Gasteiger partial charge in [-0.3, -0.25) is 4.79 Å². The van der Waals surface area contributed by atoms with Gasteiger partial charge in [0.2, 0.25) is 5.91 Å². The van der Waals surface area contributed by atoms with E-state index in [2.05, 4.69) is 25.8 Å². The van der Waals surface area contributed by atoms with E-state index in [9.17, 15) is 4.79 Å². The largest absolute Gasteiger partial charge is 0.497 e. The lowest BCUT2D eigenvalue weighted by Gasteiger charge is -2.36. The Morgan fingerprint density at radius 3 is 2.93 bits per heavy atom. The molecule has 2 aromatic heterocycles. The average molecular weight is 386 g/mol. The summed E-state index contributed by atoms with van der Waals surface area (Å²) in [7, 11) is 1.64. The summed E-state index contributed by atoms with van der Waals surface area (Å²) in [4.78, 5) is 17.3. The molecular weight excluding hydrogens is 364 g/mol. The van der Waals surface area contributed by atoms with Crippen molar-refractivity contribution in [3.63, 3.8) is 0 Å². The zero-order valence-electron chi connectivity index (χ0n) is 15.2. The molecule has 0 spiro atoms. The highest BCUT2D eigenvalue weighted by Gasteiger charge is 2.35. The molecule has 4 rings (SSSR count). The minimum atomic E-state index is -0.0996. The fourth-order valence-corrected chi connectivity index (χ4v) is 4.79. The Balaban J connectivity index is 1.48. The first-order chi connectivity index (χ1) is 13.2. The molecule has 1 amide bonds. The first kappa shape index (κ1) is 17.8. The molecule has 1 aromatic carbocycles. The fraction of sp³-hybridized carbons (Fsp3) is 0.500. The third-order valence-electron chi connectivity index (χ3n) is 5.18. The van der Waals surface area contributed by atoms with E-state index in [-0.39, 0.29) is 11.3 Å². The Labute approximate surface area is 160 Å². The molecule has 1 N–H and O–H groups in total. The number of aromatic nitrogens is 5. The first-order valence-electron chi connectivity index (χ1n) is 9.11. The van der Waals surface area contributed by atoms with Crippen LogP contribution in [-0.2, 0) is 11.3 Å². The average Bonchev–Trinajstić information content (AvgIpc) is 3.30. The smallest absolute Gasteiger partial charge is 0.226 e. The van der Waals surface area contributed by atoms with Gasteiger partial charge in [-0.25, -0.2) is 9.67 Å². The minimum absolute atomic E-state index is 0.00371. The highest BCUT2D eigenvalue weighted by atomic mass is 32.1. The molecular formula is C18H22N6O2S. The third kappa shape index (κ3) is 4.08. The zero-order chi connectivity index (χ0) is 18.7. The molecule has 0 aliphatic heterocycles. The standard InChI is InChI=1S/C18H22N6O2S/c1-26-13-5-6-14-15(9-13)27-17(20-14)21-16(25)10-18(7-3-2-4-8-18)11-24-12-19-22-23-24/h5-6,9,12H,2-4,7-8,10-11H2,1H3,(H,20,21,25). The maximum absolute atomic E-state index is 12.8. The van der Waals surface area contributed by atoms with Crippen molar-refractivity contribution in [1.29, 1.82) is 0 Å². The number of ether oxygens (including phenoxy) is 1. The Hall–Kier alpha value is -2.55. The highest BCUT2D eigenvalue weighted by Crippen LogP contribution is 2.41. The molecule has 1 aliphatic carbocycles. The van der Waals surface area contributed by atoms with Crippen molar-refractivity contribution >= 4 is 32.6 Å². The third-order valence-corrected chi connectivity index (χ3v) is 6.11. The molecule has 1 fully saturated rings. The molecule has 142 valence electrons. The van der Waals surface area contributed by atoms with E-state index in [1.807, 2.05) is 18.2 Å². The van der Waals surface area contributed by atoms with Crippen LogP contribution < -0.4 is 10.1 Å². The zero-order valence-corrected chi connectivity index (χ0v) is 16.0. The lowest BCUT2D eigenvalue weighted by atomic mass is 9.71. The van der Waals surface area contributed by atoms with Crippen molar-refractivity contribution in [2.75, 3.05) is 12.4 Å². The fourth-order valence-electron chi connectivity index (χ4n) is 3.88. The predicted molar refractivity (Wildman–Crippen MR) is 103 cm³/mol. The van der Waals surface area contributed by atoms with E-state index in [0.29, 0.717) is 18.1 Å². The molecule has 0 saturated heterocycles. The van der Waals surface area contributed by atoms with Gasteiger partial charge in [0.1, 0.15) is 12.1 Å². The van der Waals surface area contributed by atoms with Crippen molar-refractivity contribution in [2.24, 2.45) is 5.41 Å². The lowest BCUT2D eigenvalue weighted by Crippen LogP contribution is -2.34. The van der Waals surface area contributed by atoms with Gasteiger partial charge in [-0.05, 0) is 46.9 Å². The normalized spacial score (nSPS) is 16.3. The predicted octanol–water partition coefficient (Wildman–Crippen LogP) is 3.27. The van der Waals surface area contributed by atoms with Crippen molar-refractivity contribution in [3.8, 4) is 5.75 Å². The number of carbonyl (C=O) groups excluding carboxylic acids is 1. The molecule has 0 atom stereocenters. The number of nitrogens with one attached hydrogen (secondary N) is 1. The number of hydrogen-bond donors (Lipinski definition) is 1. The number of benzene rings is 1. The Bertz CT molecular complexity index is 917. The van der Waals surface area contributed by atoms with Gasteiger partial charge in [0.05, 0.1) is 23.9 Å². The van der Waals surface area contributed by atoms with Gasteiger partial charge in [-0.1, -0.05) is 30.6 Å². The molecule has 3 aromatic rings. The van der Waals surface area contributed by atoms with Crippen LogP contribution in [0.1, 0.15) is 38.5 Å². The van der Waals surface area contributed by atoms with E-state index in [4.69, 9.17) is 4.74 Å². The first-order valence-corrected chi connectivity index (χ1v) is 9.93. The van der Waals surface area contributed by atoms with Crippen LogP contribution in [0.2, 0.25) is 0 Å². The molecule has 9 heteroatoms. The number of thiazole rings is 1. The molecule has 0 unspecified atom stereocenters. The number of anilines is 1. The minimum Gasteiger partial charge on any atom is -0.497 e. The SMILES string of the molecule is COc1ccc2nc(NC(=O)CC3(Cn4cnnn4)CCCCC3)sc2c1. The second-order valence-electron chi connectivity index (χ2n) is 7.15. The van der Waals surface area contributed by atoms with Gasteiger partial charge >= 0.3 is 0 Å². The summed E-state index contributed by atoms with van der Waals surface area (Å²) < 4.78 is 7.98. The van der Waals surface area contributed by atoms with Crippen LogP contribution in [0.25, 0.3) is 10.2 Å². The Morgan fingerprint density at radius 2 is 2.19 bits per heavy atom. The van der Waals surface area contributed by atoms with E-state index < -0.39 is 0 Å². The molecule has 8 nitrogen and oxygen atoms in total. The summed E-state index contributed by atoms with van der Waals surface area (Å²) >= 11 is 1.46. The van der Waals surface area contributed by atoms with Crippen LogP contribution in [-0.4, -0.2) is 38.2 Å². The number of methoxy groups -OCH3 is 1. The van der Waals surface area contributed by atoms with Crippen LogP contribution in [0.15, 0.2) is 24.5 Å². The number of fused-ring (bicyclic) bond motifs is 1. The van der Waals surface area contributed by atoms with Crippen LogP contribution in [0.3, 0.4) is 0 Å². The number of amides is 1. The van der Waals surface area contributed by atoms with Crippen LogP contribution in [0.4, 0.5) is 5.13 Å². The van der Waals surface area contributed by atoms with Crippen molar-refractivity contribution in [3.05, 3.63) is 24.5 Å². The quantitative estimate of drug-likeness (QED) is 0.699. The van der Waals surface area contributed by atoms with Crippen molar-refractivity contribution in [1.82, 2.24) is 25.2 Å². The van der Waals surface area contributed by atoms with Gasteiger partial charge in [0.15, 0.2) is 5.13 Å². The van der Waals surface area contributed by atoms with E-state index in [1.54, 1.807) is 18.1 Å². The monoisotopic (exact) mass is 386 g/mol. The van der Waals surface area contributed by atoms with Crippen LogP contribution in [0.5, 0.6) is 5.75 Å². The number of carbonyl (C=O) groups is 1. The van der Waals surface area contributed by atoms with Crippen molar-refractivity contribution in [2.45, 2.75) is 45.1 Å². The summed E-state index contributed by atoms with van der Waals surface area (Å²) in [5, 5.41) is 15.0. The Kier molecular flexibility index (Phi) is 5.02. The Morgan fingerprint density at radius 1 is 1.33 bits per heavy atom. The number of rotatable bonds is 6. The van der Waals surface area contributed by atoms with Gasteiger partial charge in [-0.2, -0.15) is 0 Å². The second-order valence-corrected chi connectivity index (χ2v) is 8.18. The molecule has 1 saturated carbocycles. The van der Waals surface area contributed by atoms with Crippen molar-refractivity contribution < 1.29 is 9.53 Å². The van der Waals surface area contributed by atoms with E-state index in [0.717, 1.165) is 41.6 Å². The molecule has 27 heavy (non-hydrogen) atoms. The molecule has 2 heterocycles. The molecule has 1 aliphatic rings. The van der Waals surface area contributed by atoms with Gasteiger partial charge in [0, 0.05) is 6.42 Å². The van der Waals surface area contributed by atoms with Crippen LogP contribution >= 0.6 is 11.3 Å². The van der Waals surface area contributed by atoms with Gasteiger partial charge in [0.25, 0.3) is 0 Å². The number of nitrogens with zero attached hydrogens (tertiary/aromatic N) is 5. The summed E-state index contributed by atoms with van der Waals surface area (Å²) in [5.41, 5.74) is 0.759. The number of hydrogen-bond acceptors (Lipinski definition) is 7. The summed E-state index contributed by atoms with van der Waals surface area (Å²) in [6.07, 6.45) is 7.58. The van der Waals surface area contributed by atoms with Gasteiger partial charge in [-0.15, -0.1) is 5.10 Å². The molecule has 0 bridgehead atoms. The van der Waals surface area contributed by atoms with E-state index >= 15 is 0 Å². The summed E-state index contributed by atoms with van der Waals surface area (Å²) in [6.45, 7) is 0.671. The topological polar surface area (TPSA) is 94.8 Å². The summed E-state index contributed by atoms with van der Waals surface area (Å²) in [5.74, 6) is 0.780.